The normalized spacial score (nSPS) is 24.1. The molecule has 1 saturated heterocycles. The summed E-state index contributed by atoms with van der Waals surface area (Å²) in [5, 5.41) is 6.67. The Bertz CT molecular complexity index is 268. The van der Waals surface area contributed by atoms with Gasteiger partial charge >= 0.3 is 0 Å². The lowest BCUT2D eigenvalue weighted by atomic mass is 10.2. The van der Waals surface area contributed by atoms with E-state index < -0.39 is 0 Å². The first-order valence-corrected chi connectivity index (χ1v) is 6.85. The van der Waals surface area contributed by atoms with Crippen LogP contribution in [0.4, 0.5) is 0 Å². The van der Waals surface area contributed by atoms with Gasteiger partial charge in [0.2, 0.25) is 0 Å². The maximum atomic E-state index is 5.46. The van der Waals surface area contributed by atoms with Gasteiger partial charge in [-0.1, -0.05) is 0 Å². The summed E-state index contributed by atoms with van der Waals surface area (Å²) in [5.74, 6) is 0.873. The molecule has 1 aliphatic heterocycles. The minimum atomic E-state index is 0.397. The molecule has 5 nitrogen and oxygen atoms in total. The fourth-order valence-electron chi connectivity index (χ4n) is 2.22. The number of hydrogen-bond donors (Lipinski definition) is 2. The molecule has 0 saturated carbocycles. The molecule has 0 spiro atoms. The molecule has 0 radical (unpaired) electrons. The summed E-state index contributed by atoms with van der Waals surface area (Å²) in [6.07, 6.45) is 0. The van der Waals surface area contributed by atoms with E-state index in [-0.39, 0.29) is 0 Å². The van der Waals surface area contributed by atoms with Crippen LogP contribution in [0.2, 0.25) is 0 Å². The van der Waals surface area contributed by atoms with E-state index in [4.69, 9.17) is 4.74 Å². The number of morpholine rings is 1. The standard InChI is InChI=1S/C13H28N4O/c1-10(2)16-13(14-5)15-8-11(3)17-6-7-18-9-12(17)4/h10-12H,6-9H2,1-5H3,(H2,14,15,16). The Morgan fingerprint density at radius 2 is 2.17 bits per heavy atom. The van der Waals surface area contributed by atoms with E-state index >= 15 is 0 Å². The molecule has 106 valence electrons. The minimum absolute atomic E-state index is 0.397. The van der Waals surface area contributed by atoms with Crippen molar-refractivity contribution in [1.29, 1.82) is 0 Å². The van der Waals surface area contributed by atoms with Gasteiger partial charge in [0.05, 0.1) is 13.2 Å². The van der Waals surface area contributed by atoms with Crippen LogP contribution < -0.4 is 10.6 Å². The molecule has 2 atom stereocenters. The van der Waals surface area contributed by atoms with E-state index in [0.717, 1.165) is 32.3 Å². The summed E-state index contributed by atoms with van der Waals surface area (Å²) in [6, 6.07) is 1.37. The van der Waals surface area contributed by atoms with Crippen molar-refractivity contribution in [3.63, 3.8) is 0 Å². The van der Waals surface area contributed by atoms with Crippen LogP contribution in [0.15, 0.2) is 4.99 Å². The highest BCUT2D eigenvalue weighted by Gasteiger charge is 2.23. The first kappa shape index (κ1) is 15.2. The first-order chi connectivity index (χ1) is 8.54. The zero-order valence-corrected chi connectivity index (χ0v) is 12.4. The third-order valence-electron chi connectivity index (χ3n) is 3.20. The van der Waals surface area contributed by atoms with Crippen LogP contribution in [0.5, 0.6) is 0 Å². The van der Waals surface area contributed by atoms with Gasteiger partial charge in [-0.2, -0.15) is 0 Å². The average Bonchev–Trinajstić information content (AvgIpc) is 2.34. The molecule has 0 amide bonds. The maximum Gasteiger partial charge on any atom is 0.191 e. The van der Waals surface area contributed by atoms with Crippen LogP contribution >= 0.6 is 0 Å². The van der Waals surface area contributed by atoms with E-state index in [0.29, 0.717) is 18.1 Å². The van der Waals surface area contributed by atoms with E-state index in [9.17, 15) is 0 Å². The van der Waals surface area contributed by atoms with E-state index in [1.165, 1.54) is 0 Å². The van der Waals surface area contributed by atoms with Crippen molar-refractivity contribution in [1.82, 2.24) is 15.5 Å². The lowest BCUT2D eigenvalue weighted by Gasteiger charge is -2.38. The molecule has 1 aliphatic rings. The third kappa shape index (κ3) is 4.82. The third-order valence-corrected chi connectivity index (χ3v) is 3.20. The molecule has 1 fully saturated rings. The van der Waals surface area contributed by atoms with Crippen LogP contribution in [0, 0.1) is 0 Å². The maximum absolute atomic E-state index is 5.46. The van der Waals surface area contributed by atoms with Crippen LogP contribution in [-0.2, 0) is 4.74 Å². The Hall–Kier alpha value is -0.810. The van der Waals surface area contributed by atoms with Crippen molar-refractivity contribution < 1.29 is 4.74 Å². The lowest BCUT2D eigenvalue weighted by Crippen LogP contribution is -2.53. The van der Waals surface area contributed by atoms with Crippen molar-refractivity contribution in [3.8, 4) is 0 Å². The zero-order valence-electron chi connectivity index (χ0n) is 12.4. The number of nitrogens with zero attached hydrogens (tertiary/aromatic N) is 2. The topological polar surface area (TPSA) is 48.9 Å². The SMILES string of the molecule is CN=C(NCC(C)N1CCOCC1C)NC(C)C. The van der Waals surface area contributed by atoms with Gasteiger partial charge in [-0.05, 0) is 27.7 Å². The van der Waals surface area contributed by atoms with Gasteiger partial charge in [0.25, 0.3) is 0 Å². The minimum Gasteiger partial charge on any atom is -0.379 e. The molecule has 0 aliphatic carbocycles. The molecule has 2 N–H and O–H groups in total. The van der Waals surface area contributed by atoms with Gasteiger partial charge < -0.3 is 15.4 Å². The lowest BCUT2D eigenvalue weighted by molar-refractivity contribution is -0.0174. The Morgan fingerprint density at radius 1 is 1.44 bits per heavy atom. The molecule has 5 heteroatoms. The highest BCUT2D eigenvalue weighted by Crippen LogP contribution is 2.09. The van der Waals surface area contributed by atoms with Crippen molar-refractivity contribution in [2.24, 2.45) is 4.99 Å². The molecular weight excluding hydrogens is 228 g/mol. The second kappa shape index (κ2) is 7.59. The van der Waals surface area contributed by atoms with Crippen LogP contribution in [0.1, 0.15) is 27.7 Å². The highest BCUT2D eigenvalue weighted by atomic mass is 16.5. The summed E-state index contributed by atoms with van der Waals surface area (Å²) in [4.78, 5) is 6.70. The van der Waals surface area contributed by atoms with E-state index in [1.807, 2.05) is 0 Å². The zero-order chi connectivity index (χ0) is 13.5. The van der Waals surface area contributed by atoms with Crippen LogP contribution in [0.25, 0.3) is 0 Å². The number of nitrogens with one attached hydrogen (secondary N) is 2. The highest BCUT2D eigenvalue weighted by molar-refractivity contribution is 5.79. The largest absolute Gasteiger partial charge is 0.379 e. The molecule has 0 aromatic rings. The number of aliphatic imine (C=N–C) groups is 1. The molecular formula is C13H28N4O. The van der Waals surface area contributed by atoms with Gasteiger partial charge in [0.15, 0.2) is 5.96 Å². The quantitative estimate of drug-likeness (QED) is 0.573. The summed E-state index contributed by atoms with van der Waals surface area (Å²) < 4.78 is 5.46. The predicted molar refractivity (Wildman–Crippen MR) is 76.1 cm³/mol. The van der Waals surface area contributed by atoms with E-state index in [2.05, 4.69) is 48.2 Å². The predicted octanol–water partition coefficient (Wildman–Crippen LogP) is 0.669. The van der Waals surface area contributed by atoms with Gasteiger partial charge in [0.1, 0.15) is 0 Å². The Kier molecular flexibility index (Phi) is 6.43. The molecule has 1 heterocycles. The van der Waals surface area contributed by atoms with Crippen molar-refractivity contribution in [3.05, 3.63) is 0 Å². The molecule has 0 aromatic carbocycles. The van der Waals surface area contributed by atoms with Crippen molar-refractivity contribution >= 4 is 5.96 Å². The molecule has 0 aromatic heterocycles. The van der Waals surface area contributed by atoms with Crippen molar-refractivity contribution in [2.75, 3.05) is 33.4 Å². The first-order valence-electron chi connectivity index (χ1n) is 6.85. The Morgan fingerprint density at radius 3 is 2.72 bits per heavy atom. The Labute approximate surface area is 111 Å². The number of ether oxygens (including phenoxy) is 1. The second-order valence-corrected chi connectivity index (χ2v) is 5.26. The number of rotatable bonds is 4. The molecule has 0 bridgehead atoms. The summed E-state index contributed by atoms with van der Waals surface area (Å²) in [7, 11) is 1.81. The molecule has 1 rings (SSSR count). The Balaban J connectivity index is 2.37. The fourth-order valence-corrected chi connectivity index (χ4v) is 2.22. The molecule has 18 heavy (non-hydrogen) atoms. The summed E-state index contributed by atoms with van der Waals surface area (Å²) in [6.45, 7) is 12.3. The fraction of sp³-hybridized carbons (Fsp3) is 0.923. The van der Waals surface area contributed by atoms with Gasteiger partial charge in [-0.25, -0.2) is 0 Å². The number of guanidine groups is 1. The van der Waals surface area contributed by atoms with Gasteiger partial charge in [-0.15, -0.1) is 0 Å². The van der Waals surface area contributed by atoms with Crippen LogP contribution in [0.3, 0.4) is 0 Å². The van der Waals surface area contributed by atoms with Gasteiger partial charge in [0, 0.05) is 38.3 Å². The smallest absolute Gasteiger partial charge is 0.191 e. The summed E-state index contributed by atoms with van der Waals surface area (Å²) in [5.41, 5.74) is 0. The summed E-state index contributed by atoms with van der Waals surface area (Å²) >= 11 is 0. The second-order valence-electron chi connectivity index (χ2n) is 5.26. The molecule has 2 unspecified atom stereocenters. The van der Waals surface area contributed by atoms with Crippen LogP contribution in [-0.4, -0.2) is 62.3 Å². The number of hydrogen-bond acceptors (Lipinski definition) is 3. The average molecular weight is 256 g/mol. The monoisotopic (exact) mass is 256 g/mol. The van der Waals surface area contributed by atoms with Gasteiger partial charge in [-0.3, -0.25) is 9.89 Å². The van der Waals surface area contributed by atoms with E-state index in [1.54, 1.807) is 7.05 Å². The van der Waals surface area contributed by atoms with Crippen molar-refractivity contribution in [2.45, 2.75) is 45.8 Å².